The average molecular weight is 391 g/mol. The van der Waals surface area contributed by atoms with E-state index in [9.17, 15) is 4.79 Å². The normalized spacial score (nSPS) is 19.7. The molecule has 1 amide bonds. The van der Waals surface area contributed by atoms with Crippen molar-refractivity contribution in [3.05, 3.63) is 53.0 Å². The number of carbonyl (C=O) groups is 1. The Balaban J connectivity index is 1.71. The van der Waals surface area contributed by atoms with Crippen molar-refractivity contribution < 1.29 is 4.79 Å². The minimum Gasteiger partial charge on any atom is -0.342 e. The molecule has 3 heterocycles. The SMILES string of the molecule is Cc1nc2c(-c3ccccc3)c(C)nn2c(C)c1CC(=O)N1C[C@H](C)C[C@H](C)C1. The van der Waals surface area contributed by atoms with Crippen molar-refractivity contribution in [2.24, 2.45) is 11.8 Å². The molecule has 0 N–H and O–H groups in total. The highest BCUT2D eigenvalue weighted by atomic mass is 16.2. The zero-order valence-corrected chi connectivity index (χ0v) is 18.1. The number of likely N-dealkylation sites (tertiary alicyclic amines) is 1. The van der Waals surface area contributed by atoms with Gasteiger partial charge in [0.2, 0.25) is 5.91 Å². The summed E-state index contributed by atoms with van der Waals surface area (Å²) < 4.78 is 1.91. The largest absolute Gasteiger partial charge is 0.342 e. The maximum Gasteiger partial charge on any atom is 0.227 e. The van der Waals surface area contributed by atoms with Gasteiger partial charge in [0.05, 0.1) is 12.1 Å². The van der Waals surface area contributed by atoms with E-state index >= 15 is 0 Å². The minimum absolute atomic E-state index is 0.197. The topological polar surface area (TPSA) is 50.5 Å². The van der Waals surface area contributed by atoms with E-state index in [4.69, 9.17) is 10.1 Å². The summed E-state index contributed by atoms with van der Waals surface area (Å²) in [6.07, 6.45) is 1.59. The predicted octanol–water partition coefficient (Wildman–Crippen LogP) is 4.37. The Morgan fingerprint density at radius 3 is 2.34 bits per heavy atom. The molecule has 0 unspecified atom stereocenters. The summed E-state index contributed by atoms with van der Waals surface area (Å²) >= 11 is 0. The van der Waals surface area contributed by atoms with Gasteiger partial charge in [-0.15, -0.1) is 0 Å². The van der Waals surface area contributed by atoms with Crippen LogP contribution in [-0.4, -0.2) is 38.5 Å². The van der Waals surface area contributed by atoms with Crippen molar-refractivity contribution in [1.82, 2.24) is 19.5 Å². The number of amides is 1. The van der Waals surface area contributed by atoms with Gasteiger partial charge < -0.3 is 4.90 Å². The molecule has 5 heteroatoms. The van der Waals surface area contributed by atoms with Crippen LogP contribution in [0.4, 0.5) is 0 Å². The number of carbonyl (C=O) groups excluding carboxylic acids is 1. The Bertz CT molecular complexity index is 1040. The van der Waals surface area contributed by atoms with Gasteiger partial charge in [-0.3, -0.25) is 4.79 Å². The maximum atomic E-state index is 13.1. The number of aromatic nitrogens is 3. The third-order valence-corrected chi connectivity index (χ3v) is 6.11. The Morgan fingerprint density at radius 2 is 1.69 bits per heavy atom. The molecular weight excluding hydrogens is 360 g/mol. The number of hydrogen-bond acceptors (Lipinski definition) is 3. The lowest BCUT2D eigenvalue weighted by Gasteiger charge is -2.35. The van der Waals surface area contributed by atoms with Crippen LogP contribution in [0.15, 0.2) is 30.3 Å². The molecule has 1 aliphatic heterocycles. The van der Waals surface area contributed by atoms with Crippen LogP contribution in [-0.2, 0) is 11.2 Å². The standard InChI is InChI=1S/C24H30N4O/c1-15-11-16(2)14-27(13-15)22(29)12-21-17(3)25-24-23(20-9-7-6-8-10-20)18(4)26-28(24)19(21)5/h6-10,15-16H,11-14H2,1-5H3/t15-,16+. The molecule has 1 aromatic carbocycles. The van der Waals surface area contributed by atoms with Gasteiger partial charge in [-0.05, 0) is 44.6 Å². The molecule has 1 saturated heterocycles. The second-order valence-electron chi connectivity index (χ2n) is 8.74. The molecule has 3 aromatic rings. The summed E-state index contributed by atoms with van der Waals surface area (Å²) in [4.78, 5) is 20.0. The first-order chi connectivity index (χ1) is 13.8. The number of benzene rings is 1. The zero-order valence-electron chi connectivity index (χ0n) is 18.1. The molecule has 0 spiro atoms. The van der Waals surface area contributed by atoms with Gasteiger partial charge in [0.15, 0.2) is 5.65 Å². The van der Waals surface area contributed by atoms with Crippen LogP contribution in [0.5, 0.6) is 0 Å². The second-order valence-corrected chi connectivity index (χ2v) is 8.74. The maximum absolute atomic E-state index is 13.1. The van der Waals surface area contributed by atoms with Crippen molar-refractivity contribution in [3.63, 3.8) is 0 Å². The van der Waals surface area contributed by atoms with E-state index < -0.39 is 0 Å². The first-order valence-corrected chi connectivity index (χ1v) is 10.5. The van der Waals surface area contributed by atoms with Crippen molar-refractivity contribution in [1.29, 1.82) is 0 Å². The van der Waals surface area contributed by atoms with Crippen LogP contribution in [0.3, 0.4) is 0 Å². The monoisotopic (exact) mass is 390 g/mol. The van der Waals surface area contributed by atoms with Crippen LogP contribution < -0.4 is 0 Å². The average Bonchev–Trinajstić information content (AvgIpc) is 3.01. The zero-order chi connectivity index (χ0) is 20.7. The minimum atomic E-state index is 0.197. The Morgan fingerprint density at radius 1 is 1.03 bits per heavy atom. The van der Waals surface area contributed by atoms with Crippen LogP contribution in [0.25, 0.3) is 16.8 Å². The number of rotatable bonds is 3. The predicted molar refractivity (Wildman–Crippen MR) is 116 cm³/mol. The Kier molecular flexibility index (Phi) is 5.15. The summed E-state index contributed by atoms with van der Waals surface area (Å²) in [5.41, 5.74) is 6.91. The number of hydrogen-bond donors (Lipinski definition) is 0. The van der Waals surface area contributed by atoms with Gasteiger partial charge in [0, 0.05) is 35.6 Å². The molecule has 0 radical (unpaired) electrons. The highest BCUT2D eigenvalue weighted by Gasteiger charge is 2.27. The molecular formula is C24H30N4O. The van der Waals surface area contributed by atoms with Gasteiger partial charge in [0.25, 0.3) is 0 Å². The highest BCUT2D eigenvalue weighted by Crippen LogP contribution is 2.29. The molecule has 0 saturated carbocycles. The van der Waals surface area contributed by atoms with E-state index in [0.29, 0.717) is 18.3 Å². The summed E-state index contributed by atoms with van der Waals surface area (Å²) in [6.45, 7) is 12.3. The van der Waals surface area contributed by atoms with Gasteiger partial charge in [-0.25, -0.2) is 9.50 Å². The molecule has 2 atom stereocenters. The van der Waals surface area contributed by atoms with E-state index in [-0.39, 0.29) is 5.91 Å². The van der Waals surface area contributed by atoms with Crippen LogP contribution >= 0.6 is 0 Å². The summed E-state index contributed by atoms with van der Waals surface area (Å²) in [6, 6.07) is 10.3. The molecule has 1 fully saturated rings. The van der Waals surface area contributed by atoms with E-state index in [0.717, 1.165) is 52.5 Å². The van der Waals surface area contributed by atoms with Crippen molar-refractivity contribution in [3.8, 4) is 11.1 Å². The van der Waals surface area contributed by atoms with Gasteiger partial charge in [-0.1, -0.05) is 44.2 Å². The molecule has 1 aliphatic rings. The second kappa shape index (κ2) is 7.62. The van der Waals surface area contributed by atoms with E-state index in [1.165, 1.54) is 6.42 Å². The Hall–Kier alpha value is -2.69. The first-order valence-electron chi connectivity index (χ1n) is 10.5. The highest BCUT2D eigenvalue weighted by molar-refractivity contribution is 5.82. The first kappa shape index (κ1) is 19.6. The fourth-order valence-corrected chi connectivity index (χ4v) is 4.80. The van der Waals surface area contributed by atoms with Crippen molar-refractivity contribution in [2.75, 3.05) is 13.1 Å². The van der Waals surface area contributed by atoms with Crippen LogP contribution in [0.1, 0.15) is 42.9 Å². The van der Waals surface area contributed by atoms with Crippen molar-refractivity contribution in [2.45, 2.75) is 47.5 Å². The number of piperidine rings is 1. The van der Waals surface area contributed by atoms with E-state index in [1.54, 1.807) is 0 Å². The molecule has 2 aromatic heterocycles. The number of fused-ring (bicyclic) bond motifs is 1. The summed E-state index contributed by atoms with van der Waals surface area (Å²) in [5.74, 6) is 1.32. The summed E-state index contributed by atoms with van der Waals surface area (Å²) in [7, 11) is 0. The van der Waals surface area contributed by atoms with E-state index in [2.05, 4.69) is 26.0 Å². The van der Waals surface area contributed by atoms with Gasteiger partial charge >= 0.3 is 0 Å². The fraction of sp³-hybridized carbons (Fsp3) is 0.458. The molecule has 4 rings (SSSR count). The van der Waals surface area contributed by atoms with Crippen LogP contribution in [0.2, 0.25) is 0 Å². The molecule has 29 heavy (non-hydrogen) atoms. The number of nitrogens with zero attached hydrogens (tertiary/aromatic N) is 4. The van der Waals surface area contributed by atoms with Crippen molar-refractivity contribution >= 4 is 11.6 Å². The van der Waals surface area contributed by atoms with E-state index in [1.807, 2.05) is 48.4 Å². The number of aryl methyl sites for hydroxylation is 3. The molecule has 0 bridgehead atoms. The Labute approximate surface area is 172 Å². The van der Waals surface area contributed by atoms with Crippen LogP contribution in [0, 0.1) is 32.6 Å². The lowest BCUT2D eigenvalue weighted by atomic mass is 9.91. The lowest BCUT2D eigenvalue weighted by Crippen LogP contribution is -2.43. The molecule has 5 nitrogen and oxygen atoms in total. The fourth-order valence-electron chi connectivity index (χ4n) is 4.80. The third-order valence-electron chi connectivity index (χ3n) is 6.11. The lowest BCUT2D eigenvalue weighted by molar-refractivity contribution is -0.133. The summed E-state index contributed by atoms with van der Waals surface area (Å²) in [5, 5.41) is 4.76. The quantitative estimate of drug-likeness (QED) is 0.667. The van der Waals surface area contributed by atoms with Gasteiger partial charge in [-0.2, -0.15) is 5.10 Å². The molecule has 0 aliphatic carbocycles. The van der Waals surface area contributed by atoms with Gasteiger partial charge in [0.1, 0.15) is 0 Å². The molecule has 152 valence electrons. The third kappa shape index (κ3) is 3.66. The smallest absolute Gasteiger partial charge is 0.227 e.